The number of oxazole rings is 1. The summed E-state index contributed by atoms with van der Waals surface area (Å²) in [6.07, 6.45) is -3.51. The molecule has 1 aromatic carbocycles. The quantitative estimate of drug-likeness (QED) is 0.736. The van der Waals surface area contributed by atoms with Crippen molar-refractivity contribution in [2.45, 2.75) is 6.18 Å². The third-order valence-corrected chi connectivity index (χ3v) is 2.63. The molecule has 0 aliphatic heterocycles. The van der Waals surface area contributed by atoms with Gasteiger partial charge in [-0.15, -0.1) is 0 Å². The molecule has 0 radical (unpaired) electrons. The number of benzene rings is 1. The third kappa shape index (κ3) is 2.33. The molecule has 90 valence electrons. The summed E-state index contributed by atoms with van der Waals surface area (Å²) in [7, 11) is 0. The van der Waals surface area contributed by atoms with E-state index in [2.05, 4.69) is 20.9 Å². The van der Waals surface area contributed by atoms with Crippen molar-refractivity contribution in [1.29, 1.82) is 0 Å². The molecule has 0 amide bonds. The second-order valence-electron chi connectivity index (χ2n) is 3.16. The summed E-state index contributed by atoms with van der Waals surface area (Å²) < 4.78 is 55.6. The smallest absolute Gasteiger partial charge is 0.416 e. The fourth-order valence-corrected chi connectivity index (χ4v) is 1.67. The molecule has 0 atom stereocenters. The van der Waals surface area contributed by atoms with E-state index in [1.54, 1.807) is 0 Å². The van der Waals surface area contributed by atoms with Crippen molar-refractivity contribution in [3.05, 3.63) is 40.6 Å². The molecule has 7 heteroatoms. The van der Waals surface area contributed by atoms with Gasteiger partial charge in [-0.1, -0.05) is 0 Å². The van der Waals surface area contributed by atoms with Gasteiger partial charge < -0.3 is 4.42 Å². The van der Waals surface area contributed by atoms with E-state index in [1.807, 2.05) is 0 Å². The summed E-state index contributed by atoms with van der Waals surface area (Å²) >= 11 is 3.00. The summed E-state index contributed by atoms with van der Waals surface area (Å²) in [4.78, 5) is 3.67. The van der Waals surface area contributed by atoms with Crippen LogP contribution in [-0.4, -0.2) is 4.98 Å². The van der Waals surface area contributed by atoms with Gasteiger partial charge in [0.15, 0.2) is 16.8 Å². The summed E-state index contributed by atoms with van der Waals surface area (Å²) in [5, 5.41) is 0. The Morgan fingerprint density at radius 2 is 1.94 bits per heavy atom. The molecule has 0 saturated heterocycles. The van der Waals surface area contributed by atoms with Crippen LogP contribution in [0.2, 0.25) is 0 Å². The van der Waals surface area contributed by atoms with Crippen molar-refractivity contribution in [2.24, 2.45) is 0 Å². The molecule has 17 heavy (non-hydrogen) atoms. The molecular weight excluding hydrogens is 306 g/mol. The molecule has 2 nitrogen and oxygen atoms in total. The Morgan fingerprint density at radius 3 is 2.41 bits per heavy atom. The maximum Gasteiger partial charge on any atom is 0.416 e. The first-order valence-electron chi connectivity index (χ1n) is 4.35. The fraction of sp³-hybridized carbons (Fsp3) is 0.100. The Kier molecular flexibility index (Phi) is 2.94. The van der Waals surface area contributed by atoms with Crippen LogP contribution in [-0.2, 0) is 6.18 Å². The molecule has 0 fully saturated rings. The molecule has 0 aliphatic carbocycles. The van der Waals surface area contributed by atoms with Gasteiger partial charge in [-0.3, -0.25) is 0 Å². The van der Waals surface area contributed by atoms with Crippen LogP contribution in [0.4, 0.5) is 17.6 Å². The molecule has 1 aromatic heterocycles. The Labute approximate surface area is 101 Å². The Balaban J connectivity index is 2.50. The van der Waals surface area contributed by atoms with Crippen LogP contribution >= 0.6 is 15.9 Å². The molecule has 0 aliphatic rings. The third-order valence-electron chi connectivity index (χ3n) is 2.07. The maximum atomic E-state index is 13.5. The maximum absolute atomic E-state index is 13.5. The SMILES string of the molecule is Fc1cc(C(F)(F)F)ccc1-c1ocnc1Br. The van der Waals surface area contributed by atoms with Gasteiger partial charge >= 0.3 is 6.18 Å². The highest BCUT2D eigenvalue weighted by Crippen LogP contribution is 2.34. The van der Waals surface area contributed by atoms with E-state index in [-0.39, 0.29) is 15.9 Å². The lowest BCUT2D eigenvalue weighted by Gasteiger charge is -2.07. The number of nitrogens with zero attached hydrogens (tertiary/aromatic N) is 1. The minimum absolute atomic E-state index is 0.0521. The summed E-state index contributed by atoms with van der Waals surface area (Å²) in [5.41, 5.74) is -1.13. The molecule has 0 saturated carbocycles. The zero-order valence-electron chi connectivity index (χ0n) is 8.05. The van der Waals surface area contributed by atoms with E-state index in [0.717, 1.165) is 18.5 Å². The van der Waals surface area contributed by atoms with Crippen LogP contribution in [0.25, 0.3) is 11.3 Å². The first-order chi connectivity index (χ1) is 7.89. The number of halogens is 5. The Bertz CT molecular complexity index is 549. The molecule has 1 heterocycles. The second kappa shape index (κ2) is 4.14. The number of rotatable bonds is 1. The lowest BCUT2D eigenvalue weighted by atomic mass is 10.1. The van der Waals surface area contributed by atoms with Crippen LogP contribution in [0.15, 0.2) is 33.6 Å². The lowest BCUT2D eigenvalue weighted by molar-refractivity contribution is -0.137. The Morgan fingerprint density at radius 1 is 1.24 bits per heavy atom. The van der Waals surface area contributed by atoms with Gasteiger partial charge in [-0.25, -0.2) is 9.37 Å². The molecule has 0 bridgehead atoms. The Hall–Kier alpha value is -1.37. The van der Waals surface area contributed by atoms with Gasteiger partial charge in [0.1, 0.15) is 5.82 Å². The minimum atomic E-state index is -4.57. The van der Waals surface area contributed by atoms with E-state index in [9.17, 15) is 17.6 Å². The summed E-state index contributed by atoms with van der Waals surface area (Å²) in [5.74, 6) is -0.964. The van der Waals surface area contributed by atoms with Gasteiger partial charge in [0.05, 0.1) is 11.1 Å². The molecule has 0 spiro atoms. The first kappa shape index (κ1) is 12.1. The highest BCUT2D eigenvalue weighted by Gasteiger charge is 2.31. The van der Waals surface area contributed by atoms with Crippen LogP contribution in [0.3, 0.4) is 0 Å². The van der Waals surface area contributed by atoms with E-state index in [1.165, 1.54) is 0 Å². The van der Waals surface area contributed by atoms with Crippen molar-refractivity contribution in [1.82, 2.24) is 4.98 Å². The minimum Gasteiger partial charge on any atom is -0.442 e. The molecule has 0 N–H and O–H groups in total. The van der Waals surface area contributed by atoms with E-state index in [0.29, 0.717) is 6.07 Å². The first-order valence-corrected chi connectivity index (χ1v) is 5.15. The molecule has 2 rings (SSSR count). The van der Waals surface area contributed by atoms with E-state index in [4.69, 9.17) is 4.42 Å². The predicted octanol–water partition coefficient (Wildman–Crippen LogP) is 4.26. The van der Waals surface area contributed by atoms with E-state index >= 15 is 0 Å². The van der Waals surface area contributed by atoms with Crippen LogP contribution in [0.5, 0.6) is 0 Å². The zero-order valence-corrected chi connectivity index (χ0v) is 9.64. The average Bonchev–Trinajstić information content (AvgIpc) is 2.63. The molecule has 2 aromatic rings. The van der Waals surface area contributed by atoms with Gasteiger partial charge in [0.25, 0.3) is 0 Å². The molecular formula is C10H4BrF4NO. The fourth-order valence-electron chi connectivity index (χ4n) is 1.28. The summed E-state index contributed by atoms with van der Waals surface area (Å²) in [6.45, 7) is 0. The molecule has 0 unspecified atom stereocenters. The van der Waals surface area contributed by atoms with Crippen molar-refractivity contribution in [2.75, 3.05) is 0 Å². The van der Waals surface area contributed by atoms with Crippen molar-refractivity contribution in [3.63, 3.8) is 0 Å². The van der Waals surface area contributed by atoms with Gasteiger partial charge in [-0.2, -0.15) is 13.2 Å². The number of hydrogen-bond acceptors (Lipinski definition) is 2. The largest absolute Gasteiger partial charge is 0.442 e. The predicted molar refractivity (Wildman–Crippen MR) is 54.6 cm³/mol. The van der Waals surface area contributed by atoms with Gasteiger partial charge in [-0.05, 0) is 34.1 Å². The van der Waals surface area contributed by atoms with E-state index < -0.39 is 17.6 Å². The van der Waals surface area contributed by atoms with Crippen LogP contribution in [0, 0.1) is 5.82 Å². The van der Waals surface area contributed by atoms with Gasteiger partial charge in [0, 0.05) is 0 Å². The summed E-state index contributed by atoms with van der Waals surface area (Å²) in [6, 6.07) is 2.21. The monoisotopic (exact) mass is 309 g/mol. The van der Waals surface area contributed by atoms with Crippen LogP contribution < -0.4 is 0 Å². The number of aromatic nitrogens is 1. The van der Waals surface area contributed by atoms with Crippen LogP contribution in [0.1, 0.15) is 5.56 Å². The number of alkyl halides is 3. The number of hydrogen-bond donors (Lipinski definition) is 0. The van der Waals surface area contributed by atoms with Crippen molar-refractivity contribution < 1.29 is 22.0 Å². The highest BCUT2D eigenvalue weighted by molar-refractivity contribution is 9.10. The lowest BCUT2D eigenvalue weighted by Crippen LogP contribution is -2.05. The van der Waals surface area contributed by atoms with Gasteiger partial charge in [0.2, 0.25) is 0 Å². The normalized spacial score (nSPS) is 11.8. The zero-order chi connectivity index (χ0) is 12.6. The van der Waals surface area contributed by atoms with Crippen molar-refractivity contribution >= 4 is 15.9 Å². The average molecular weight is 310 g/mol. The topological polar surface area (TPSA) is 26.0 Å². The van der Waals surface area contributed by atoms with Crippen molar-refractivity contribution in [3.8, 4) is 11.3 Å². The highest BCUT2D eigenvalue weighted by atomic mass is 79.9. The second-order valence-corrected chi connectivity index (χ2v) is 3.92. The standard InChI is InChI=1S/C10H4BrF4NO/c11-9-8(17-4-16-9)6-2-1-5(3-7(6)12)10(13,14)15/h1-4H.